The van der Waals surface area contributed by atoms with Crippen LogP contribution >= 0.6 is 0 Å². The molecule has 0 radical (unpaired) electrons. The number of nitrogens with zero attached hydrogens (tertiary/aromatic N) is 4. The molecule has 112 valence electrons. The second kappa shape index (κ2) is 6.52. The maximum absolute atomic E-state index is 8.85. The van der Waals surface area contributed by atoms with Crippen molar-refractivity contribution in [3.8, 4) is 6.19 Å². The molecule has 0 aromatic carbocycles. The first-order valence-corrected chi connectivity index (χ1v) is 6.59. The Morgan fingerprint density at radius 1 is 1.48 bits per heavy atom. The number of aromatic nitrogens is 1. The molecule has 0 atom stereocenters. The summed E-state index contributed by atoms with van der Waals surface area (Å²) in [6, 6.07) is 3.90. The summed E-state index contributed by atoms with van der Waals surface area (Å²) in [6.07, 6.45) is 3.66. The van der Waals surface area contributed by atoms with Crippen LogP contribution < -0.4 is 5.32 Å². The molecule has 0 fully saturated rings. The fourth-order valence-corrected chi connectivity index (χ4v) is 2.22. The van der Waals surface area contributed by atoms with Gasteiger partial charge >= 0.3 is 0 Å². The van der Waals surface area contributed by atoms with E-state index in [1.54, 1.807) is 20.4 Å². The average molecular weight is 289 g/mol. The number of aliphatic imine (C=N–C) groups is 1. The molecular weight excluding hydrogens is 270 g/mol. The molecule has 21 heavy (non-hydrogen) atoms. The Hall–Kier alpha value is -2.17. The van der Waals surface area contributed by atoms with Gasteiger partial charge in [-0.25, -0.2) is 4.99 Å². The molecular formula is C14H19N5O2. The summed E-state index contributed by atoms with van der Waals surface area (Å²) in [5.74, 6) is -0.296. The molecule has 1 aromatic heterocycles. The van der Waals surface area contributed by atoms with Crippen molar-refractivity contribution in [2.45, 2.75) is 19.3 Å². The van der Waals surface area contributed by atoms with Crippen LogP contribution in [0.15, 0.2) is 23.3 Å². The largest absolute Gasteiger partial charge is 0.350 e. The highest BCUT2D eigenvalue weighted by molar-refractivity contribution is 5.82. The Balaban J connectivity index is 2.25. The number of hydrogen-bond donors (Lipinski definition) is 1. The molecule has 1 N–H and O–H groups in total. The van der Waals surface area contributed by atoms with Crippen molar-refractivity contribution in [1.82, 2.24) is 15.2 Å². The lowest BCUT2D eigenvalue weighted by molar-refractivity contribution is -0.208. The van der Waals surface area contributed by atoms with Crippen molar-refractivity contribution in [1.29, 1.82) is 5.26 Å². The van der Waals surface area contributed by atoms with Gasteiger partial charge in [0.05, 0.1) is 25.3 Å². The van der Waals surface area contributed by atoms with E-state index in [1.165, 1.54) is 0 Å². The minimum Gasteiger partial charge on any atom is -0.350 e. The molecule has 1 aliphatic rings. The highest BCUT2D eigenvalue weighted by Gasteiger charge is 2.37. The van der Waals surface area contributed by atoms with Crippen LogP contribution in [-0.4, -0.2) is 48.9 Å². The van der Waals surface area contributed by atoms with Crippen LogP contribution in [0.1, 0.15) is 11.3 Å². The standard InChI is InChI=1S/C14H19N5O2/c1-11-5-4-6-16-12(11)7-19-9-14(20-2,21-3)8-17-13(19)18-10-15/h4-6H,7-9H2,1-3H3,(H,17,18). The first-order valence-electron chi connectivity index (χ1n) is 6.59. The van der Waals surface area contributed by atoms with Gasteiger partial charge < -0.3 is 14.4 Å². The van der Waals surface area contributed by atoms with E-state index in [9.17, 15) is 0 Å². The van der Waals surface area contributed by atoms with Crippen molar-refractivity contribution < 1.29 is 9.47 Å². The van der Waals surface area contributed by atoms with E-state index in [4.69, 9.17) is 14.7 Å². The highest BCUT2D eigenvalue weighted by atomic mass is 16.7. The lowest BCUT2D eigenvalue weighted by Gasteiger charge is -2.39. The van der Waals surface area contributed by atoms with Crippen LogP contribution in [0.5, 0.6) is 0 Å². The fraction of sp³-hybridized carbons (Fsp3) is 0.500. The number of nitrogens with one attached hydrogen (secondary N) is 1. The van der Waals surface area contributed by atoms with Gasteiger partial charge in [-0.2, -0.15) is 5.26 Å². The number of hydrogen-bond acceptors (Lipinski definition) is 7. The van der Waals surface area contributed by atoms with Gasteiger partial charge in [-0.1, -0.05) is 6.07 Å². The molecule has 0 saturated heterocycles. The molecule has 0 amide bonds. The van der Waals surface area contributed by atoms with Gasteiger partial charge in [-0.15, -0.1) is 0 Å². The summed E-state index contributed by atoms with van der Waals surface area (Å²) >= 11 is 0. The lowest BCUT2D eigenvalue weighted by Crippen LogP contribution is -2.56. The summed E-state index contributed by atoms with van der Waals surface area (Å²) in [7, 11) is 3.18. The maximum atomic E-state index is 8.85. The Labute approximate surface area is 124 Å². The maximum Gasteiger partial charge on any atom is 0.208 e. The van der Waals surface area contributed by atoms with Gasteiger partial charge in [0.2, 0.25) is 11.7 Å². The van der Waals surface area contributed by atoms with Gasteiger partial charge in [0.15, 0.2) is 6.19 Å². The van der Waals surface area contributed by atoms with E-state index in [0.29, 0.717) is 25.6 Å². The average Bonchev–Trinajstić information content (AvgIpc) is 2.51. The molecule has 2 rings (SSSR count). The van der Waals surface area contributed by atoms with Crippen LogP contribution in [0.3, 0.4) is 0 Å². The lowest BCUT2D eigenvalue weighted by atomic mass is 10.1. The van der Waals surface area contributed by atoms with Gasteiger partial charge in [0, 0.05) is 20.4 Å². The summed E-state index contributed by atoms with van der Waals surface area (Å²) in [4.78, 5) is 10.6. The van der Waals surface area contributed by atoms with E-state index in [1.807, 2.05) is 30.1 Å². The van der Waals surface area contributed by atoms with Gasteiger partial charge in [0.1, 0.15) is 0 Å². The van der Waals surface area contributed by atoms with Crippen molar-refractivity contribution in [3.63, 3.8) is 0 Å². The predicted octanol–water partition coefficient (Wildman–Crippen LogP) is 0.621. The topological polar surface area (TPSA) is 82.8 Å². The van der Waals surface area contributed by atoms with Gasteiger partial charge in [-0.3, -0.25) is 10.3 Å². The quantitative estimate of drug-likeness (QED) is 0.497. The van der Waals surface area contributed by atoms with E-state index in [2.05, 4.69) is 15.3 Å². The first kappa shape index (κ1) is 15.2. The Morgan fingerprint density at radius 3 is 2.86 bits per heavy atom. The van der Waals surface area contributed by atoms with Crippen molar-refractivity contribution in [2.75, 3.05) is 27.3 Å². The van der Waals surface area contributed by atoms with Crippen molar-refractivity contribution >= 4 is 5.96 Å². The Kier molecular flexibility index (Phi) is 4.73. The highest BCUT2D eigenvalue weighted by Crippen LogP contribution is 2.20. The van der Waals surface area contributed by atoms with Crippen LogP contribution in [0, 0.1) is 18.4 Å². The molecule has 7 nitrogen and oxygen atoms in total. The Bertz CT molecular complexity index is 563. The number of ether oxygens (including phenoxy) is 2. The first-order chi connectivity index (χ1) is 10.1. The van der Waals surface area contributed by atoms with Crippen LogP contribution in [0.2, 0.25) is 0 Å². The monoisotopic (exact) mass is 289 g/mol. The van der Waals surface area contributed by atoms with Crippen molar-refractivity contribution in [3.05, 3.63) is 29.6 Å². The summed E-state index contributed by atoms with van der Waals surface area (Å²) in [5, 5.41) is 11.5. The van der Waals surface area contributed by atoms with E-state index in [0.717, 1.165) is 11.3 Å². The molecule has 7 heteroatoms. The molecule has 1 aromatic rings. The number of nitriles is 1. The van der Waals surface area contributed by atoms with Crippen molar-refractivity contribution in [2.24, 2.45) is 4.99 Å². The van der Waals surface area contributed by atoms with E-state index < -0.39 is 5.79 Å². The summed E-state index contributed by atoms with van der Waals surface area (Å²) < 4.78 is 10.9. The molecule has 0 aliphatic carbocycles. The minimum absolute atomic E-state index is 0.335. The predicted molar refractivity (Wildman–Crippen MR) is 77.2 cm³/mol. The Morgan fingerprint density at radius 2 is 2.24 bits per heavy atom. The van der Waals surface area contributed by atoms with Crippen LogP contribution in [-0.2, 0) is 16.0 Å². The van der Waals surface area contributed by atoms with Crippen LogP contribution in [0.25, 0.3) is 0 Å². The molecule has 0 spiro atoms. The zero-order valence-electron chi connectivity index (χ0n) is 12.5. The van der Waals surface area contributed by atoms with Gasteiger partial charge in [-0.05, 0) is 18.6 Å². The van der Waals surface area contributed by atoms with Gasteiger partial charge in [0.25, 0.3) is 0 Å². The summed E-state index contributed by atoms with van der Waals surface area (Å²) in [6.45, 7) is 3.32. The third kappa shape index (κ3) is 3.29. The second-order valence-electron chi connectivity index (χ2n) is 4.82. The fourth-order valence-electron chi connectivity index (χ4n) is 2.22. The number of rotatable bonds is 4. The molecule has 0 saturated carbocycles. The molecule has 1 aliphatic heterocycles. The third-order valence-corrected chi connectivity index (χ3v) is 3.57. The third-order valence-electron chi connectivity index (χ3n) is 3.57. The zero-order valence-corrected chi connectivity index (χ0v) is 12.5. The number of pyridine rings is 1. The normalized spacial score (nSPS) is 17.0. The number of guanidine groups is 1. The smallest absolute Gasteiger partial charge is 0.208 e. The second-order valence-corrected chi connectivity index (χ2v) is 4.82. The van der Waals surface area contributed by atoms with E-state index in [-0.39, 0.29) is 0 Å². The molecule has 2 heterocycles. The minimum atomic E-state index is -0.802. The summed E-state index contributed by atoms with van der Waals surface area (Å²) in [5.41, 5.74) is 2.01. The SMILES string of the molecule is COC1(OC)CN=C(NC#N)N(Cc2ncccc2C)C1. The number of methoxy groups -OCH3 is 2. The number of aryl methyl sites for hydroxylation is 1. The molecule has 0 unspecified atom stereocenters. The molecule has 0 bridgehead atoms. The van der Waals surface area contributed by atoms with E-state index >= 15 is 0 Å². The zero-order chi connectivity index (χ0) is 15.3. The van der Waals surface area contributed by atoms with Crippen LogP contribution in [0.4, 0.5) is 0 Å².